The molecule has 8 nitrogen and oxygen atoms in total. The Bertz CT molecular complexity index is 797. The molecule has 0 aliphatic carbocycles. The number of aryl methyl sites for hydroxylation is 1. The SMILES string of the molecule is Cl.Cn1ccnc1C1CNCCN1CCC(=O)Nc1ccc2c(c1)OCO2. The minimum atomic E-state index is -0.0130. The highest BCUT2D eigenvalue weighted by Crippen LogP contribution is 2.34. The van der Waals surface area contributed by atoms with Gasteiger partial charge in [0.2, 0.25) is 12.7 Å². The second kappa shape index (κ2) is 8.60. The molecular weight excluding hydrogens is 370 g/mol. The fourth-order valence-corrected chi connectivity index (χ4v) is 3.41. The van der Waals surface area contributed by atoms with Crippen LogP contribution in [0, 0.1) is 0 Å². The summed E-state index contributed by atoms with van der Waals surface area (Å²) >= 11 is 0. The molecule has 0 saturated carbocycles. The van der Waals surface area contributed by atoms with Crippen LogP contribution in [0.15, 0.2) is 30.6 Å². The summed E-state index contributed by atoms with van der Waals surface area (Å²) < 4.78 is 12.7. The van der Waals surface area contributed by atoms with Crippen LogP contribution in [0.25, 0.3) is 0 Å². The van der Waals surface area contributed by atoms with E-state index in [1.807, 2.05) is 36.1 Å². The fourth-order valence-electron chi connectivity index (χ4n) is 3.41. The zero-order valence-corrected chi connectivity index (χ0v) is 16.0. The second-order valence-corrected chi connectivity index (χ2v) is 6.52. The van der Waals surface area contributed by atoms with Crippen LogP contribution in [-0.4, -0.2) is 53.3 Å². The van der Waals surface area contributed by atoms with E-state index >= 15 is 0 Å². The van der Waals surface area contributed by atoms with E-state index in [0.717, 1.165) is 31.1 Å². The van der Waals surface area contributed by atoms with Crippen molar-refractivity contribution < 1.29 is 14.3 Å². The zero-order chi connectivity index (χ0) is 17.9. The van der Waals surface area contributed by atoms with Gasteiger partial charge in [-0.3, -0.25) is 9.69 Å². The smallest absolute Gasteiger partial charge is 0.231 e. The fraction of sp³-hybridized carbons (Fsp3) is 0.444. The largest absolute Gasteiger partial charge is 0.454 e. The maximum Gasteiger partial charge on any atom is 0.231 e. The lowest BCUT2D eigenvalue weighted by Gasteiger charge is -2.35. The molecular formula is C18H24ClN5O3. The van der Waals surface area contributed by atoms with Crippen molar-refractivity contribution in [1.29, 1.82) is 0 Å². The number of benzene rings is 1. The molecule has 1 amide bonds. The maximum atomic E-state index is 12.4. The van der Waals surface area contributed by atoms with Gasteiger partial charge in [0.05, 0.1) is 6.04 Å². The van der Waals surface area contributed by atoms with E-state index in [0.29, 0.717) is 24.5 Å². The van der Waals surface area contributed by atoms with Crippen molar-refractivity contribution in [2.75, 3.05) is 38.3 Å². The van der Waals surface area contributed by atoms with Gasteiger partial charge in [0.25, 0.3) is 0 Å². The summed E-state index contributed by atoms with van der Waals surface area (Å²) in [7, 11) is 2.00. The molecule has 1 atom stereocenters. The average Bonchev–Trinajstić information content (AvgIpc) is 3.28. The van der Waals surface area contributed by atoms with E-state index in [4.69, 9.17) is 9.47 Å². The van der Waals surface area contributed by atoms with Crippen molar-refractivity contribution in [3.8, 4) is 11.5 Å². The molecule has 1 aromatic heterocycles. The quantitative estimate of drug-likeness (QED) is 0.802. The standard InChI is InChI=1S/C18H23N5O3.ClH/c1-22-8-6-20-18(22)14-11-19-5-9-23(14)7-4-17(24)21-13-2-3-15-16(10-13)26-12-25-15;/h2-3,6,8,10,14,19H,4-5,7,9,11-12H2,1H3,(H,21,24);1H. The highest BCUT2D eigenvalue weighted by atomic mass is 35.5. The number of anilines is 1. The number of hydrogen-bond acceptors (Lipinski definition) is 6. The number of carbonyl (C=O) groups excluding carboxylic acids is 1. The number of aromatic nitrogens is 2. The first-order valence-electron chi connectivity index (χ1n) is 8.82. The molecule has 3 heterocycles. The number of hydrogen-bond donors (Lipinski definition) is 2. The number of imidazole rings is 1. The Morgan fingerprint density at radius 1 is 1.37 bits per heavy atom. The van der Waals surface area contributed by atoms with Crippen molar-refractivity contribution in [3.63, 3.8) is 0 Å². The second-order valence-electron chi connectivity index (χ2n) is 6.52. The third-order valence-electron chi connectivity index (χ3n) is 4.79. The lowest BCUT2D eigenvalue weighted by molar-refractivity contribution is -0.116. The summed E-state index contributed by atoms with van der Waals surface area (Å²) in [5.74, 6) is 2.39. The third kappa shape index (κ3) is 4.35. The zero-order valence-electron chi connectivity index (χ0n) is 15.2. The number of amides is 1. The number of piperazine rings is 1. The summed E-state index contributed by atoms with van der Waals surface area (Å²) in [6.45, 7) is 3.58. The molecule has 1 unspecified atom stereocenters. The van der Waals surface area contributed by atoms with Crippen LogP contribution in [0.5, 0.6) is 11.5 Å². The van der Waals surface area contributed by atoms with Crippen LogP contribution in [0.1, 0.15) is 18.3 Å². The van der Waals surface area contributed by atoms with E-state index in [2.05, 4.69) is 20.5 Å². The van der Waals surface area contributed by atoms with Crippen molar-refractivity contribution in [2.24, 2.45) is 7.05 Å². The molecule has 2 N–H and O–H groups in total. The van der Waals surface area contributed by atoms with Gasteiger partial charge in [0, 0.05) is 63.8 Å². The number of fused-ring (bicyclic) bond motifs is 1. The molecule has 2 aliphatic rings. The topological polar surface area (TPSA) is 80.7 Å². The van der Waals surface area contributed by atoms with E-state index < -0.39 is 0 Å². The van der Waals surface area contributed by atoms with Crippen LogP contribution in [-0.2, 0) is 11.8 Å². The monoisotopic (exact) mass is 393 g/mol. The van der Waals surface area contributed by atoms with Gasteiger partial charge in [-0.2, -0.15) is 0 Å². The first-order valence-corrected chi connectivity index (χ1v) is 8.82. The molecule has 9 heteroatoms. The minimum Gasteiger partial charge on any atom is -0.454 e. The number of halogens is 1. The molecule has 1 aromatic carbocycles. The summed E-state index contributed by atoms with van der Waals surface area (Å²) in [6, 6.07) is 5.61. The number of carbonyl (C=O) groups is 1. The van der Waals surface area contributed by atoms with Crippen molar-refractivity contribution in [1.82, 2.24) is 19.8 Å². The summed E-state index contributed by atoms with van der Waals surface area (Å²) in [5, 5.41) is 6.34. The molecule has 0 radical (unpaired) electrons. The summed E-state index contributed by atoms with van der Waals surface area (Å²) in [5.41, 5.74) is 0.722. The van der Waals surface area contributed by atoms with Crippen molar-refractivity contribution >= 4 is 24.0 Å². The maximum absolute atomic E-state index is 12.4. The van der Waals surface area contributed by atoms with Crippen LogP contribution in [0.2, 0.25) is 0 Å². The minimum absolute atomic E-state index is 0. The number of rotatable bonds is 5. The lowest BCUT2D eigenvalue weighted by atomic mass is 10.1. The lowest BCUT2D eigenvalue weighted by Crippen LogP contribution is -2.47. The van der Waals surface area contributed by atoms with Gasteiger partial charge in [-0.15, -0.1) is 12.4 Å². The number of ether oxygens (including phenoxy) is 2. The average molecular weight is 394 g/mol. The third-order valence-corrected chi connectivity index (χ3v) is 4.79. The Balaban J connectivity index is 0.00000210. The Labute approximate surface area is 164 Å². The highest BCUT2D eigenvalue weighted by molar-refractivity contribution is 5.91. The molecule has 0 bridgehead atoms. The molecule has 146 valence electrons. The van der Waals surface area contributed by atoms with E-state index in [-0.39, 0.29) is 31.1 Å². The van der Waals surface area contributed by atoms with Crippen LogP contribution < -0.4 is 20.1 Å². The molecule has 27 heavy (non-hydrogen) atoms. The predicted molar refractivity (Wildman–Crippen MR) is 103 cm³/mol. The van der Waals surface area contributed by atoms with Gasteiger partial charge in [-0.05, 0) is 12.1 Å². The number of nitrogens with one attached hydrogen (secondary N) is 2. The molecule has 0 spiro atoms. The van der Waals surface area contributed by atoms with Crippen molar-refractivity contribution in [2.45, 2.75) is 12.5 Å². The molecule has 1 saturated heterocycles. The van der Waals surface area contributed by atoms with Gasteiger partial charge in [0.1, 0.15) is 5.82 Å². The Morgan fingerprint density at radius 2 is 2.22 bits per heavy atom. The predicted octanol–water partition coefficient (Wildman–Crippen LogP) is 1.55. The number of nitrogens with zero attached hydrogens (tertiary/aromatic N) is 3. The first-order chi connectivity index (χ1) is 12.7. The van der Waals surface area contributed by atoms with Gasteiger partial charge in [0.15, 0.2) is 11.5 Å². The van der Waals surface area contributed by atoms with Gasteiger partial charge < -0.3 is 24.7 Å². The van der Waals surface area contributed by atoms with E-state index in [1.54, 1.807) is 6.07 Å². The van der Waals surface area contributed by atoms with Crippen LogP contribution >= 0.6 is 12.4 Å². The Hall–Kier alpha value is -2.29. The van der Waals surface area contributed by atoms with Crippen LogP contribution in [0.4, 0.5) is 5.69 Å². The normalized spacial score (nSPS) is 18.8. The molecule has 2 aromatic rings. The van der Waals surface area contributed by atoms with Gasteiger partial charge >= 0.3 is 0 Å². The van der Waals surface area contributed by atoms with Crippen molar-refractivity contribution in [3.05, 3.63) is 36.4 Å². The van der Waals surface area contributed by atoms with E-state index in [1.165, 1.54) is 0 Å². The molecule has 1 fully saturated rings. The van der Waals surface area contributed by atoms with E-state index in [9.17, 15) is 4.79 Å². The summed E-state index contributed by atoms with van der Waals surface area (Å²) in [4.78, 5) is 19.2. The summed E-state index contributed by atoms with van der Waals surface area (Å²) in [6.07, 6.45) is 4.19. The Kier molecular flexibility index (Phi) is 6.20. The molecule has 2 aliphatic heterocycles. The first kappa shape index (κ1) is 19.5. The molecule has 4 rings (SSSR count). The van der Waals surface area contributed by atoms with Gasteiger partial charge in [-0.25, -0.2) is 4.98 Å². The Morgan fingerprint density at radius 3 is 3.04 bits per heavy atom. The van der Waals surface area contributed by atoms with Gasteiger partial charge in [-0.1, -0.05) is 0 Å². The highest BCUT2D eigenvalue weighted by Gasteiger charge is 2.26. The van der Waals surface area contributed by atoms with Crippen LogP contribution in [0.3, 0.4) is 0 Å².